The number of ether oxygens (including phenoxy) is 2. The summed E-state index contributed by atoms with van der Waals surface area (Å²) in [6, 6.07) is 4.31. The lowest BCUT2D eigenvalue weighted by atomic mass is 9.77. The van der Waals surface area contributed by atoms with E-state index in [4.69, 9.17) is 9.47 Å². The van der Waals surface area contributed by atoms with Gasteiger partial charge in [-0.2, -0.15) is 0 Å². The van der Waals surface area contributed by atoms with E-state index in [2.05, 4.69) is 37.9 Å². The minimum absolute atomic E-state index is 0.170. The van der Waals surface area contributed by atoms with Crippen LogP contribution < -0.4 is 9.47 Å². The topological polar surface area (TPSA) is 21.7 Å². The molecule has 106 valence electrons. The van der Waals surface area contributed by atoms with Crippen LogP contribution in [-0.4, -0.2) is 39.3 Å². The third-order valence-corrected chi connectivity index (χ3v) is 4.22. The van der Waals surface area contributed by atoms with Crippen LogP contribution in [0.25, 0.3) is 0 Å². The number of methoxy groups -OCH3 is 2. The summed E-state index contributed by atoms with van der Waals surface area (Å²) in [4.78, 5) is 2.40. The molecule has 2 rings (SSSR count). The van der Waals surface area contributed by atoms with E-state index in [1.807, 2.05) is 0 Å². The number of benzene rings is 1. The molecule has 3 nitrogen and oxygen atoms in total. The van der Waals surface area contributed by atoms with E-state index in [0.29, 0.717) is 0 Å². The monoisotopic (exact) mass is 263 g/mol. The zero-order valence-corrected chi connectivity index (χ0v) is 12.7. The van der Waals surface area contributed by atoms with E-state index < -0.39 is 0 Å². The molecule has 1 aliphatic rings. The number of likely N-dealkylation sites (N-methyl/N-ethyl adjacent to an activating group) is 1. The SMILES string of the molecule is COc1cc2c(cc1OC)C(C)(C)CCN(C)CC2. The van der Waals surface area contributed by atoms with Crippen LogP contribution in [0.3, 0.4) is 0 Å². The largest absolute Gasteiger partial charge is 0.493 e. The molecule has 0 N–H and O–H groups in total. The predicted octanol–water partition coefficient (Wildman–Crippen LogP) is 2.86. The van der Waals surface area contributed by atoms with Gasteiger partial charge < -0.3 is 14.4 Å². The van der Waals surface area contributed by atoms with Crippen LogP contribution in [-0.2, 0) is 11.8 Å². The fourth-order valence-electron chi connectivity index (χ4n) is 2.79. The van der Waals surface area contributed by atoms with Crippen LogP contribution in [0.5, 0.6) is 11.5 Å². The normalized spacial score (nSPS) is 19.2. The molecular formula is C16H25NO2. The van der Waals surface area contributed by atoms with Crippen molar-refractivity contribution in [3.8, 4) is 11.5 Å². The predicted molar refractivity (Wildman–Crippen MR) is 78.4 cm³/mol. The van der Waals surface area contributed by atoms with Crippen LogP contribution in [0.4, 0.5) is 0 Å². The third-order valence-electron chi connectivity index (χ3n) is 4.22. The van der Waals surface area contributed by atoms with Gasteiger partial charge in [0.25, 0.3) is 0 Å². The van der Waals surface area contributed by atoms with Crippen LogP contribution in [0.1, 0.15) is 31.4 Å². The summed E-state index contributed by atoms with van der Waals surface area (Å²) in [6.07, 6.45) is 2.22. The van der Waals surface area contributed by atoms with Crippen molar-refractivity contribution < 1.29 is 9.47 Å². The maximum absolute atomic E-state index is 5.45. The Balaban J connectivity index is 2.51. The molecule has 0 aliphatic carbocycles. The molecule has 0 amide bonds. The van der Waals surface area contributed by atoms with E-state index in [1.165, 1.54) is 11.1 Å². The molecule has 0 aromatic heterocycles. The lowest BCUT2D eigenvalue weighted by Crippen LogP contribution is -2.32. The van der Waals surface area contributed by atoms with E-state index in [9.17, 15) is 0 Å². The Morgan fingerprint density at radius 1 is 1.05 bits per heavy atom. The number of nitrogens with zero attached hydrogens (tertiary/aromatic N) is 1. The van der Waals surface area contributed by atoms with Gasteiger partial charge in [0.1, 0.15) is 0 Å². The highest BCUT2D eigenvalue weighted by Crippen LogP contribution is 2.39. The molecule has 0 atom stereocenters. The van der Waals surface area contributed by atoms with Gasteiger partial charge >= 0.3 is 0 Å². The molecule has 1 aromatic rings. The summed E-state index contributed by atoms with van der Waals surface area (Å²) in [6.45, 7) is 6.87. The van der Waals surface area contributed by atoms with Crippen molar-refractivity contribution in [2.75, 3.05) is 34.4 Å². The van der Waals surface area contributed by atoms with Gasteiger partial charge in [0.15, 0.2) is 11.5 Å². The third kappa shape index (κ3) is 2.86. The van der Waals surface area contributed by atoms with E-state index in [1.54, 1.807) is 14.2 Å². The second-order valence-electron chi connectivity index (χ2n) is 6.05. The van der Waals surface area contributed by atoms with Gasteiger partial charge in [-0.15, -0.1) is 0 Å². The van der Waals surface area contributed by atoms with Crippen molar-refractivity contribution in [3.63, 3.8) is 0 Å². The van der Waals surface area contributed by atoms with E-state index >= 15 is 0 Å². The highest BCUT2D eigenvalue weighted by Gasteiger charge is 2.27. The van der Waals surface area contributed by atoms with Gasteiger partial charge in [0.05, 0.1) is 14.2 Å². The van der Waals surface area contributed by atoms with Gasteiger partial charge in [-0.05, 0) is 55.1 Å². The van der Waals surface area contributed by atoms with Gasteiger partial charge in [-0.25, -0.2) is 0 Å². The van der Waals surface area contributed by atoms with Crippen LogP contribution in [0.2, 0.25) is 0 Å². The van der Waals surface area contributed by atoms with Crippen molar-refractivity contribution in [3.05, 3.63) is 23.3 Å². The first kappa shape index (κ1) is 14.2. The molecule has 1 aromatic carbocycles. The molecule has 0 radical (unpaired) electrons. The lowest BCUT2D eigenvalue weighted by Gasteiger charge is -2.34. The zero-order chi connectivity index (χ0) is 14.0. The molecule has 1 aliphatic heterocycles. The maximum Gasteiger partial charge on any atom is 0.161 e. The molecule has 0 spiro atoms. The second kappa shape index (κ2) is 5.41. The Bertz CT molecular complexity index is 454. The van der Waals surface area contributed by atoms with Gasteiger partial charge in [-0.1, -0.05) is 13.8 Å². The molecule has 0 unspecified atom stereocenters. The minimum Gasteiger partial charge on any atom is -0.493 e. The first-order valence-corrected chi connectivity index (χ1v) is 6.92. The maximum atomic E-state index is 5.45. The molecule has 1 heterocycles. The van der Waals surface area contributed by atoms with Crippen molar-refractivity contribution in [1.29, 1.82) is 0 Å². The van der Waals surface area contributed by atoms with Gasteiger partial charge in [-0.3, -0.25) is 0 Å². The Morgan fingerprint density at radius 3 is 2.32 bits per heavy atom. The van der Waals surface area contributed by atoms with Crippen molar-refractivity contribution >= 4 is 0 Å². The standard InChI is InChI=1S/C16H25NO2/c1-16(2)7-9-17(3)8-6-12-10-14(18-4)15(19-5)11-13(12)16/h10-11H,6-9H2,1-5H3. The van der Waals surface area contributed by atoms with Crippen molar-refractivity contribution in [1.82, 2.24) is 4.90 Å². The molecular weight excluding hydrogens is 238 g/mol. The molecule has 0 bridgehead atoms. The summed E-state index contributed by atoms with van der Waals surface area (Å²) < 4.78 is 10.9. The highest BCUT2D eigenvalue weighted by atomic mass is 16.5. The zero-order valence-electron chi connectivity index (χ0n) is 12.7. The number of rotatable bonds is 2. The number of fused-ring (bicyclic) bond motifs is 1. The molecule has 3 heteroatoms. The average Bonchev–Trinajstić information content (AvgIpc) is 2.40. The van der Waals surface area contributed by atoms with E-state index in [-0.39, 0.29) is 5.41 Å². The van der Waals surface area contributed by atoms with Gasteiger partial charge in [0.2, 0.25) is 0 Å². The Hall–Kier alpha value is -1.22. The first-order chi connectivity index (χ1) is 8.97. The molecule has 0 fully saturated rings. The molecule has 0 saturated carbocycles. The Morgan fingerprint density at radius 2 is 1.68 bits per heavy atom. The summed E-state index contributed by atoms with van der Waals surface area (Å²) in [5.41, 5.74) is 2.95. The second-order valence-corrected chi connectivity index (χ2v) is 6.05. The van der Waals surface area contributed by atoms with Crippen LogP contribution in [0.15, 0.2) is 12.1 Å². The molecule has 0 saturated heterocycles. The van der Waals surface area contributed by atoms with Crippen molar-refractivity contribution in [2.45, 2.75) is 32.1 Å². The smallest absolute Gasteiger partial charge is 0.161 e. The average molecular weight is 263 g/mol. The molecule has 19 heavy (non-hydrogen) atoms. The van der Waals surface area contributed by atoms with Crippen LogP contribution >= 0.6 is 0 Å². The minimum atomic E-state index is 0.170. The quantitative estimate of drug-likeness (QED) is 0.819. The summed E-state index contributed by atoms with van der Waals surface area (Å²) in [7, 11) is 5.60. The summed E-state index contributed by atoms with van der Waals surface area (Å²) in [5, 5.41) is 0. The fraction of sp³-hybridized carbons (Fsp3) is 0.625. The lowest BCUT2D eigenvalue weighted by molar-refractivity contribution is 0.283. The Labute approximate surface area is 116 Å². The number of hydrogen-bond donors (Lipinski definition) is 0. The van der Waals surface area contributed by atoms with E-state index in [0.717, 1.165) is 37.4 Å². The summed E-state index contributed by atoms with van der Waals surface area (Å²) in [5.74, 6) is 1.67. The van der Waals surface area contributed by atoms with Gasteiger partial charge in [0, 0.05) is 6.54 Å². The Kier molecular flexibility index (Phi) is 4.04. The summed E-state index contributed by atoms with van der Waals surface area (Å²) >= 11 is 0. The fourth-order valence-corrected chi connectivity index (χ4v) is 2.79. The number of hydrogen-bond acceptors (Lipinski definition) is 3. The van der Waals surface area contributed by atoms with Crippen molar-refractivity contribution in [2.24, 2.45) is 0 Å². The van der Waals surface area contributed by atoms with Crippen LogP contribution in [0, 0.1) is 0 Å². The highest BCUT2D eigenvalue weighted by molar-refractivity contribution is 5.50. The first-order valence-electron chi connectivity index (χ1n) is 6.92.